The minimum absolute atomic E-state index is 0.0188. The van der Waals surface area contributed by atoms with Gasteiger partial charge in [-0.1, -0.05) is 32.4 Å². The molecule has 0 aliphatic rings. The third kappa shape index (κ3) is 6.86. The first-order chi connectivity index (χ1) is 11.4. The van der Waals surface area contributed by atoms with Crippen molar-refractivity contribution >= 4 is 40.9 Å². The second-order valence-electron chi connectivity index (χ2n) is 6.98. The molecular weight excluding hydrogens is 365 g/mol. The Morgan fingerprint density at radius 1 is 1.32 bits per heavy atom. The zero-order valence-corrected chi connectivity index (χ0v) is 17.0. The average molecular weight is 390 g/mol. The van der Waals surface area contributed by atoms with Crippen molar-refractivity contribution in [3.05, 3.63) is 23.0 Å². The summed E-state index contributed by atoms with van der Waals surface area (Å²) < 4.78 is 19.5. The summed E-state index contributed by atoms with van der Waals surface area (Å²) in [5, 5.41) is 2.18. The van der Waals surface area contributed by atoms with Crippen LogP contribution in [-0.4, -0.2) is 22.7 Å². The highest BCUT2D eigenvalue weighted by Gasteiger charge is 2.29. The predicted molar refractivity (Wildman–Crippen MR) is 101 cm³/mol. The topological polar surface area (TPSA) is 55.4 Å². The first-order valence-corrected chi connectivity index (χ1v) is 9.38. The molecule has 0 saturated carbocycles. The molecule has 0 radical (unpaired) electrons. The highest BCUT2D eigenvalue weighted by Crippen LogP contribution is 2.37. The number of thioether (sulfide) groups is 1. The Labute approximate surface area is 157 Å². The minimum atomic E-state index is -0.616. The number of anilines is 1. The fraction of sp³-hybridized carbons (Fsp3) is 0.556. The van der Waals surface area contributed by atoms with Gasteiger partial charge in [-0.25, -0.2) is 4.39 Å². The lowest BCUT2D eigenvalue weighted by Crippen LogP contribution is -2.33. The van der Waals surface area contributed by atoms with Crippen molar-refractivity contribution in [3.8, 4) is 0 Å². The summed E-state index contributed by atoms with van der Waals surface area (Å²) in [5.41, 5.74) is -0.553. The van der Waals surface area contributed by atoms with Crippen LogP contribution >= 0.6 is 23.4 Å². The molecule has 0 fully saturated rings. The Hall–Kier alpha value is -1.27. The van der Waals surface area contributed by atoms with E-state index in [-0.39, 0.29) is 34.9 Å². The number of amides is 1. The van der Waals surface area contributed by atoms with Crippen LogP contribution in [0.2, 0.25) is 5.02 Å². The van der Waals surface area contributed by atoms with E-state index in [0.717, 1.165) is 6.07 Å². The monoisotopic (exact) mass is 389 g/mol. The van der Waals surface area contributed by atoms with Crippen LogP contribution in [0.25, 0.3) is 0 Å². The molecule has 140 valence electrons. The van der Waals surface area contributed by atoms with E-state index in [1.807, 2.05) is 13.8 Å². The molecular formula is C18H25ClFNO3S. The fourth-order valence-corrected chi connectivity index (χ4v) is 3.24. The molecule has 1 rings (SSSR count). The number of rotatable bonds is 6. The molecule has 4 nitrogen and oxygen atoms in total. The van der Waals surface area contributed by atoms with Gasteiger partial charge >= 0.3 is 5.97 Å². The molecule has 7 heteroatoms. The Bertz CT molecular complexity index is 644. The Balaban J connectivity index is 3.10. The Morgan fingerprint density at radius 2 is 1.92 bits per heavy atom. The number of ether oxygens (including phenoxy) is 1. The van der Waals surface area contributed by atoms with Crippen LogP contribution in [0, 0.1) is 11.7 Å². The van der Waals surface area contributed by atoms with Gasteiger partial charge in [0.1, 0.15) is 16.7 Å². The number of benzene rings is 1. The fourth-order valence-electron chi connectivity index (χ4n) is 1.91. The molecule has 0 heterocycles. The molecule has 1 unspecified atom stereocenters. The van der Waals surface area contributed by atoms with Gasteiger partial charge in [0.2, 0.25) is 5.91 Å². The van der Waals surface area contributed by atoms with Crippen molar-refractivity contribution in [3.63, 3.8) is 0 Å². The van der Waals surface area contributed by atoms with Crippen LogP contribution in [0.15, 0.2) is 17.0 Å². The van der Waals surface area contributed by atoms with Crippen LogP contribution in [-0.2, 0) is 14.3 Å². The van der Waals surface area contributed by atoms with Gasteiger partial charge < -0.3 is 10.1 Å². The van der Waals surface area contributed by atoms with Crippen LogP contribution < -0.4 is 5.32 Å². The van der Waals surface area contributed by atoms with Gasteiger partial charge in [0.05, 0.1) is 10.7 Å². The van der Waals surface area contributed by atoms with Crippen LogP contribution in [0.1, 0.15) is 48.0 Å². The zero-order valence-electron chi connectivity index (χ0n) is 15.4. The summed E-state index contributed by atoms with van der Waals surface area (Å²) in [6.07, 6.45) is 0.233. The van der Waals surface area contributed by atoms with Gasteiger partial charge in [-0.2, -0.15) is 0 Å². The van der Waals surface area contributed by atoms with E-state index in [0.29, 0.717) is 4.90 Å². The summed E-state index contributed by atoms with van der Waals surface area (Å²) in [7, 11) is 0. The number of hydrogen-bond donors (Lipinski definition) is 1. The van der Waals surface area contributed by atoms with Crippen molar-refractivity contribution in [1.29, 1.82) is 0 Å². The van der Waals surface area contributed by atoms with Gasteiger partial charge in [0.15, 0.2) is 0 Å². The van der Waals surface area contributed by atoms with Crippen LogP contribution in [0.4, 0.5) is 10.1 Å². The van der Waals surface area contributed by atoms with E-state index in [4.69, 9.17) is 16.3 Å². The maximum Gasteiger partial charge on any atom is 0.320 e. The first-order valence-electron chi connectivity index (χ1n) is 8.13. The van der Waals surface area contributed by atoms with Gasteiger partial charge in [-0.15, -0.1) is 11.8 Å². The molecule has 1 N–H and O–H groups in total. The molecule has 0 spiro atoms. The largest absolute Gasteiger partial charge is 0.459 e. The lowest BCUT2D eigenvalue weighted by molar-refractivity contribution is -0.154. The molecule has 1 amide bonds. The van der Waals surface area contributed by atoms with Crippen molar-refractivity contribution < 1.29 is 18.7 Å². The van der Waals surface area contributed by atoms with E-state index in [1.54, 1.807) is 27.7 Å². The highest BCUT2D eigenvalue weighted by atomic mass is 35.5. The SMILES string of the molecule is CCC(=O)Nc1cc(SC(C(=O)OC(C)(C)C)C(C)C)c(Cl)cc1F. The molecule has 0 aromatic heterocycles. The molecule has 25 heavy (non-hydrogen) atoms. The number of halogens is 2. The Kier molecular flexibility index (Phi) is 7.75. The average Bonchev–Trinajstić information content (AvgIpc) is 2.46. The number of nitrogens with one attached hydrogen (secondary N) is 1. The van der Waals surface area contributed by atoms with Gasteiger partial charge in [0.25, 0.3) is 0 Å². The maximum absolute atomic E-state index is 14.0. The number of hydrogen-bond acceptors (Lipinski definition) is 4. The van der Waals surface area contributed by atoms with Crippen molar-refractivity contribution in [1.82, 2.24) is 0 Å². The molecule has 1 atom stereocenters. The Morgan fingerprint density at radius 3 is 2.40 bits per heavy atom. The van der Waals surface area contributed by atoms with Gasteiger partial charge in [0, 0.05) is 11.3 Å². The quantitative estimate of drug-likeness (QED) is 0.530. The zero-order chi connectivity index (χ0) is 19.4. The van der Waals surface area contributed by atoms with Crippen molar-refractivity contribution in [2.24, 2.45) is 5.92 Å². The number of esters is 1. The lowest BCUT2D eigenvalue weighted by Gasteiger charge is -2.26. The highest BCUT2D eigenvalue weighted by molar-refractivity contribution is 8.00. The predicted octanol–water partition coefficient (Wildman–Crippen LogP) is 5.29. The molecule has 1 aromatic rings. The van der Waals surface area contributed by atoms with E-state index < -0.39 is 16.7 Å². The lowest BCUT2D eigenvalue weighted by atomic mass is 10.1. The number of carbonyl (C=O) groups is 2. The summed E-state index contributed by atoms with van der Waals surface area (Å²) in [4.78, 5) is 24.5. The van der Waals surface area contributed by atoms with E-state index in [9.17, 15) is 14.0 Å². The first kappa shape index (κ1) is 21.8. The molecule has 0 saturated heterocycles. The minimum Gasteiger partial charge on any atom is -0.459 e. The van der Waals surface area contributed by atoms with Crippen molar-refractivity contribution in [2.75, 3.05) is 5.32 Å². The molecule has 0 aliphatic carbocycles. The molecule has 0 bridgehead atoms. The molecule has 0 aliphatic heterocycles. The summed E-state index contributed by atoms with van der Waals surface area (Å²) in [6.45, 7) is 10.9. The van der Waals surface area contributed by atoms with Gasteiger partial charge in [-0.05, 0) is 38.8 Å². The van der Waals surface area contributed by atoms with E-state index >= 15 is 0 Å². The van der Waals surface area contributed by atoms with Crippen molar-refractivity contribution in [2.45, 2.75) is 63.7 Å². The maximum atomic E-state index is 14.0. The summed E-state index contributed by atoms with van der Waals surface area (Å²) in [5.74, 6) is -1.29. The van der Waals surface area contributed by atoms with Crippen LogP contribution in [0.5, 0.6) is 0 Å². The normalized spacial score (nSPS) is 12.8. The number of carbonyl (C=O) groups excluding carboxylic acids is 2. The van der Waals surface area contributed by atoms with E-state index in [1.165, 1.54) is 17.8 Å². The second-order valence-corrected chi connectivity index (χ2v) is 8.57. The molecule has 1 aromatic carbocycles. The smallest absolute Gasteiger partial charge is 0.320 e. The van der Waals surface area contributed by atoms with Gasteiger partial charge in [-0.3, -0.25) is 9.59 Å². The van der Waals surface area contributed by atoms with Crippen LogP contribution in [0.3, 0.4) is 0 Å². The standard InChI is InChI=1S/C18H25ClFNO3S/c1-7-15(22)21-13-9-14(11(19)8-12(13)20)25-16(10(2)3)17(23)24-18(4,5)6/h8-10,16H,7H2,1-6H3,(H,21,22). The third-order valence-corrected chi connectivity index (χ3v) is 5.12. The second kappa shape index (κ2) is 8.90. The summed E-state index contributed by atoms with van der Waals surface area (Å²) >= 11 is 7.34. The summed E-state index contributed by atoms with van der Waals surface area (Å²) in [6, 6.07) is 2.59. The third-order valence-electron chi connectivity index (χ3n) is 3.12. The van der Waals surface area contributed by atoms with E-state index in [2.05, 4.69) is 5.32 Å².